The zero-order valence-electron chi connectivity index (χ0n) is 13.7. The van der Waals surface area contributed by atoms with Gasteiger partial charge in [0.15, 0.2) is 6.61 Å². The van der Waals surface area contributed by atoms with Gasteiger partial charge >= 0.3 is 0 Å². The number of anilines is 1. The molecule has 0 saturated heterocycles. The van der Waals surface area contributed by atoms with Crippen LogP contribution in [0.4, 0.5) is 5.82 Å². The van der Waals surface area contributed by atoms with E-state index in [0.29, 0.717) is 34.7 Å². The molecule has 1 heterocycles. The molecule has 0 bridgehead atoms. The van der Waals surface area contributed by atoms with Crippen LogP contribution in [0.1, 0.15) is 5.56 Å². The van der Waals surface area contributed by atoms with Crippen molar-refractivity contribution in [1.82, 2.24) is 10.3 Å². The summed E-state index contributed by atoms with van der Waals surface area (Å²) in [5, 5.41) is 15.1. The van der Waals surface area contributed by atoms with Crippen molar-refractivity contribution in [2.45, 2.75) is 0 Å². The van der Waals surface area contributed by atoms with E-state index in [1.54, 1.807) is 36.4 Å². The molecule has 2 rings (SSSR count). The van der Waals surface area contributed by atoms with Gasteiger partial charge in [-0.3, -0.25) is 4.79 Å². The Kier molecular flexibility index (Phi) is 7.75. The lowest BCUT2D eigenvalue weighted by Gasteiger charge is -2.07. The molecule has 0 radical (unpaired) electrons. The number of nitrogens with one attached hydrogen (secondary N) is 2. The van der Waals surface area contributed by atoms with Gasteiger partial charge in [-0.15, -0.1) is 0 Å². The van der Waals surface area contributed by atoms with Crippen molar-refractivity contribution in [2.75, 3.05) is 25.0 Å². The Bertz CT molecular complexity index is 817. The maximum absolute atomic E-state index is 11.8. The van der Waals surface area contributed by atoms with E-state index in [1.165, 1.54) is 12.3 Å². The first kappa shape index (κ1) is 19.6. The summed E-state index contributed by atoms with van der Waals surface area (Å²) < 4.78 is 5.16. The third-order valence-corrected chi connectivity index (χ3v) is 3.63. The van der Waals surface area contributed by atoms with E-state index >= 15 is 0 Å². The van der Waals surface area contributed by atoms with Crippen molar-refractivity contribution in [3.8, 4) is 11.8 Å². The molecule has 134 valence electrons. The number of hydrogen-bond acceptors (Lipinski definition) is 5. The number of carbonyl (C=O) groups is 1. The zero-order valence-corrected chi connectivity index (χ0v) is 15.2. The van der Waals surface area contributed by atoms with Crippen molar-refractivity contribution in [3.63, 3.8) is 0 Å². The molecule has 8 heteroatoms. The van der Waals surface area contributed by atoms with E-state index in [9.17, 15) is 4.79 Å². The molecule has 0 fully saturated rings. The third-order valence-electron chi connectivity index (χ3n) is 3.14. The van der Waals surface area contributed by atoms with Gasteiger partial charge in [0, 0.05) is 25.4 Å². The fourth-order valence-corrected chi connectivity index (χ4v) is 2.38. The second-order valence-electron chi connectivity index (χ2n) is 5.05. The molecular formula is C18H16Cl2N4O2. The monoisotopic (exact) mass is 390 g/mol. The first-order valence-corrected chi connectivity index (χ1v) is 8.44. The number of hydrogen-bond donors (Lipinski definition) is 2. The number of rotatable bonds is 8. The Morgan fingerprint density at radius 3 is 2.73 bits per heavy atom. The van der Waals surface area contributed by atoms with Crippen LogP contribution in [0.15, 0.2) is 42.6 Å². The van der Waals surface area contributed by atoms with Crippen LogP contribution in [0.2, 0.25) is 10.0 Å². The van der Waals surface area contributed by atoms with Crippen molar-refractivity contribution < 1.29 is 9.53 Å². The van der Waals surface area contributed by atoms with Gasteiger partial charge in [-0.1, -0.05) is 35.3 Å². The molecule has 1 aromatic carbocycles. The summed E-state index contributed by atoms with van der Waals surface area (Å²) in [6, 6.07) is 10.6. The second kappa shape index (κ2) is 10.3. The average molecular weight is 391 g/mol. The zero-order chi connectivity index (χ0) is 18.8. The molecule has 0 aliphatic heterocycles. The van der Waals surface area contributed by atoms with E-state index in [4.69, 9.17) is 33.2 Å². The minimum absolute atomic E-state index is 0.00236. The van der Waals surface area contributed by atoms with Gasteiger partial charge in [-0.25, -0.2) is 4.98 Å². The number of nitriles is 1. The quantitative estimate of drug-likeness (QED) is 0.531. The van der Waals surface area contributed by atoms with Gasteiger partial charge < -0.3 is 15.4 Å². The second-order valence-corrected chi connectivity index (χ2v) is 5.89. The number of ether oxygens (including phenoxy) is 1. The molecule has 0 unspecified atom stereocenters. The van der Waals surface area contributed by atoms with Crippen LogP contribution in [0.25, 0.3) is 6.08 Å². The lowest BCUT2D eigenvalue weighted by molar-refractivity contribution is -0.116. The Morgan fingerprint density at radius 2 is 2.04 bits per heavy atom. The van der Waals surface area contributed by atoms with Crippen molar-refractivity contribution >= 4 is 41.0 Å². The highest BCUT2D eigenvalue weighted by Crippen LogP contribution is 2.22. The summed E-state index contributed by atoms with van der Waals surface area (Å²) in [7, 11) is 0. The summed E-state index contributed by atoms with van der Waals surface area (Å²) in [6.45, 7) is 0.881. The van der Waals surface area contributed by atoms with E-state index in [0.717, 1.165) is 5.56 Å². The van der Waals surface area contributed by atoms with E-state index in [1.807, 2.05) is 6.07 Å². The number of halogens is 2. The molecule has 1 amide bonds. The normalized spacial score (nSPS) is 10.3. The molecule has 0 atom stereocenters. The van der Waals surface area contributed by atoms with Gasteiger partial charge in [0.25, 0.3) is 0 Å². The fourth-order valence-electron chi connectivity index (χ4n) is 1.93. The standard InChI is InChI=1S/C18H16Cl2N4O2/c19-14-11-16(20)18(24-12-14)23-9-8-22-17(25)6-3-13-1-4-15(5-2-13)26-10-7-21/h1-6,11-12H,8-10H2,(H,22,25)(H,23,24). The van der Waals surface area contributed by atoms with Crippen molar-refractivity contribution in [3.05, 3.63) is 58.2 Å². The maximum atomic E-state index is 11.8. The molecule has 0 aliphatic rings. The SMILES string of the molecule is N#CCOc1ccc(C=CC(=O)NCCNc2ncc(Cl)cc2Cl)cc1. The maximum Gasteiger partial charge on any atom is 0.244 e. The van der Waals surface area contributed by atoms with Gasteiger partial charge in [-0.2, -0.15) is 5.26 Å². The molecule has 1 aromatic heterocycles. The Hall–Kier alpha value is -2.75. The number of aromatic nitrogens is 1. The molecule has 26 heavy (non-hydrogen) atoms. The average Bonchev–Trinajstić information content (AvgIpc) is 2.64. The van der Waals surface area contributed by atoms with Gasteiger partial charge in [0.1, 0.15) is 17.6 Å². The molecule has 0 aliphatic carbocycles. The molecule has 0 spiro atoms. The van der Waals surface area contributed by atoms with E-state index in [2.05, 4.69) is 15.6 Å². The lowest BCUT2D eigenvalue weighted by Crippen LogP contribution is -2.27. The minimum Gasteiger partial charge on any atom is -0.479 e. The van der Waals surface area contributed by atoms with Crippen molar-refractivity contribution in [2.24, 2.45) is 0 Å². The van der Waals surface area contributed by atoms with Crippen LogP contribution in [-0.4, -0.2) is 30.6 Å². The van der Waals surface area contributed by atoms with Crippen molar-refractivity contribution in [1.29, 1.82) is 5.26 Å². The first-order chi connectivity index (χ1) is 12.6. The molecule has 2 aromatic rings. The van der Waals surface area contributed by atoms with Crippen LogP contribution in [-0.2, 0) is 4.79 Å². The first-order valence-electron chi connectivity index (χ1n) is 7.69. The molecule has 0 saturated carbocycles. The van der Waals surface area contributed by atoms with E-state index < -0.39 is 0 Å². The van der Waals surface area contributed by atoms with Crippen LogP contribution in [0.5, 0.6) is 5.75 Å². The minimum atomic E-state index is -0.216. The van der Waals surface area contributed by atoms with Gasteiger partial charge in [-0.05, 0) is 29.8 Å². The van der Waals surface area contributed by atoms with Crippen LogP contribution in [0, 0.1) is 11.3 Å². The van der Waals surface area contributed by atoms with Crippen LogP contribution < -0.4 is 15.4 Å². The summed E-state index contributed by atoms with van der Waals surface area (Å²) in [6.07, 6.45) is 4.63. The van der Waals surface area contributed by atoms with Crippen LogP contribution in [0.3, 0.4) is 0 Å². The highest BCUT2D eigenvalue weighted by molar-refractivity contribution is 6.35. The Labute approximate surface area is 161 Å². The summed E-state index contributed by atoms with van der Waals surface area (Å²) in [4.78, 5) is 15.9. The Morgan fingerprint density at radius 1 is 1.27 bits per heavy atom. The molecule has 2 N–H and O–H groups in total. The molecular weight excluding hydrogens is 375 g/mol. The highest BCUT2D eigenvalue weighted by Gasteiger charge is 2.02. The lowest BCUT2D eigenvalue weighted by atomic mass is 10.2. The molecule has 6 nitrogen and oxygen atoms in total. The predicted molar refractivity (Wildman–Crippen MR) is 102 cm³/mol. The highest BCUT2D eigenvalue weighted by atomic mass is 35.5. The number of pyridine rings is 1. The van der Waals surface area contributed by atoms with Crippen LogP contribution >= 0.6 is 23.2 Å². The Balaban J connectivity index is 1.72. The topological polar surface area (TPSA) is 87.0 Å². The summed E-state index contributed by atoms with van der Waals surface area (Å²) in [5.74, 6) is 0.903. The van der Waals surface area contributed by atoms with Gasteiger partial charge in [0.2, 0.25) is 5.91 Å². The summed E-state index contributed by atoms with van der Waals surface area (Å²) in [5.41, 5.74) is 0.847. The van der Waals surface area contributed by atoms with Gasteiger partial charge in [0.05, 0.1) is 10.0 Å². The number of nitrogens with zero attached hydrogens (tertiary/aromatic N) is 2. The summed E-state index contributed by atoms with van der Waals surface area (Å²) >= 11 is 11.8. The number of benzene rings is 1. The van der Waals surface area contributed by atoms with E-state index in [-0.39, 0.29) is 12.5 Å². The third kappa shape index (κ3) is 6.63. The number of carbonyl (C=O) groups excluding carboxylic acids is 1. The number of amides is 1. The smallest absolute Gasteiger partial charge is 0.244 e. The largest absolute Gasteiger partial charge is 0.479 e. The predicted octanol–water partition coefficient (Wildman–Crippen LogP) is 3.53. The fraction of sp³-hybridized carbons (Fsp3) is 0.167.